The van der Waals surface area contributed by atoms with Gasteiger partial charge >= 0.3 is 0 Å². The molecule has 4 heteroatoms. The van der Waals surface area contributed by atoms with Gasteiger partial charge < -0.3 is 5.32 Å². The third kappa shape index (κ3) is 3.99. The van der Waals surface area contributed by atoms with E-state index in [2.05, 4.69) is 42.0 Å². The lowest BCUT2D eigenvalue weighted by Crippen LogP contribution is -2.37. The van der Waals surface area contributed by atoms with Gasteiger partial charge in [0.05, 0.1) is 5.02 Å². The molecule has 1 amide bonds. The first-order valence-electron chi connectivity index (χ1n) is 6.25. The fraction of sp³-hybridized carbons (Fsp3) is 0.500. The molecule has 1 rings (SSSR count). The number of benzene rings is 1. The molecule has 1 N–H and O–H groups in total. The second kappa shape index (κ2) is 7.15. The van der Waals surface area contributed by atoms with Gasteiger partial charge in [0.2, 0.25) is 0 Å². The molecule has 0 heterocycles. The summed E-state index contributed by atoms with van der Waals surface area (Å²) in [5.41, 5.74) is 0.629. The highest BCUT2D eigenvalue weighted by atomic mass is 79.9. The highest BCUT2D eigenvalue weighted by Gasteiger charge is 2.17. The van der Waals surface area contributed by atoms with Crippen LogP contribution in [0.4, 0.5) is 0 Å². The number of nitrogens with one attached hydrogen (secondary N) is 1. The van der Waals surface area contributed by atoms with Gasteiger partial charge in [0.15, 0.2) is 0 Å². The lowest BCUT2D eigenvalue weighted by Gasteiger charge is -2.22. The summed E-state index contributed by atoms with van der Waals surface area (Å²) in [6.07, 6.45) is 2.14. The fourth-order valence-electron chi connectivity index (χ4n) is 2.04. The van der Waals surface area contributed by atoms with E-state index in [1.165, 1.54) is 0 Å². The zero-order valence-corrected chi connectivity index (χ0v) is 13.3. The number of hydrogen-bond donors (Lipinski definition) is 1. The molecule has 0 fully saturated rings. The van der Waals surface area contributed by atoms with E-state index in [-0.39, 0.29) is 11.9 Å². The molecule has 0 aliphatic heterocycles. The quantitative estimate of drug-likeness (QED) is 0.835. The number of amides is 1. The molecule has 1 aromatic carbocycles. The minimum Gasteiger partial charge on any atom is -0.349 e. The number of rotatable bonds is 5. The summed E-state index contributed by atoms with van der Waals surface area (Å²) in [4.78, 5) is 12.1. The van der Waals surface area contributed by atoms with Gasteiger partial charge in [-0.05, 0) is 47.0 Å². The molecule has 18 heavy (non-hydrogen) atoms. The Bertz CT molecular complexity index is 418. The fourth-order valence-corrected chi connectivity index (χ4v) is 2.54. The average molecular weight is 333 g/mol. The standard InChI is InChI=1S/C14H19BrClNO/c1-4-10(5-2)9(3)17-14(18)11-6-7-13(16)12(15)8-11/h6-10H,4-5H2,1-3H3,(H,17,18). The summed E-state index contributed by atoms with van der Waals surface area (Å²) in [5.74, 6) is 0.469. The maximum Gasteiger partial charge on any atom is 0.251 e. The minimum atomic E-state index is -0.0493. The summed E-state index contributed by atoms with van der Waals surface area (Å²) in [6, 6.07) is 5.39. The predicted molar refractivity (Wildman–Crippen MR) is 80.2 cm³/mol. The second-order valence-corrected chi connectivity index (χ2v) is 5.73. The Kier molecular flexibility index (Phi) is 6.16. The van der Waals surface area contributed by atoms with Crippen molar-refractivity contribution < 1.29 is 4.79 Å². The van der Waals surface area contributed by atoms with Gasteiger partial charge in [0.25, 0.3) is 5.91 Å². The Morgan fingerprint density at radius 3 is 2.50 bits per heavy atom. The van der Waals surface area contributed by atoms with E-state index < -0.39 is 0 Å². The average Bonchev–Trinajstić information content (AvgIpc) is 2.34. The number of hydrogen-bond acceptors (Lipinski definition) is 1. The molecular weight excluding hydrogens is 314 g/mol. The van der Waals surface area contributed by atoms with Crippen LogP contribution in [0.1, 0.15) is 44.0 Å². The maximum absolute atomic E-state index is 12.1. The lowest BCUT2D eigenvalue weighted by atomic mass is 9.95. The van der Waals surface area contributed by atoms with Crippen LogP contribution in [0.5, 0.6) is 0 Å². The van der Waals surface area contributed by atoms with Gasteiger partial charge in [-0.3, -0.25) is 4.79 Å². The van der Waals surface area contributed by atoms with Crippen LogP contribution in [0.3, 0.4) is 0 Å². The second-order valence-electron chi connectivity index (χ2n) is 4.47. The smallest absolute Gasteiger partial charge is 0.251 e. The van der Waals surface area contributed by atoms with Gasteiger partial charge in [0.1, 0.15) is 0 Å². The van der Waals surface area contributed by atoms with Crippen LogP contribution in [0.25, 0.3) is 0 Å². The predicted octanol–water partition coefficient (Wildman–Crippen LogP) is 4.66. The summed E-state index contributed by atoms with van der Waals surface area (Å²) in [6.45, 7) is 6.35. The minimum absolute atomic E-state index is 0.0493. The zero-order chi connectivity index (χ0) is 13.7. The van der Waals surface area contributed by atoms with Crippen molar-refractivity contribution >= 4 is 33.4 Å². The summed E-state index contributed by atoms with van der Waals surface area (Å²) in [5, 5.41) is 3.65. The van der Waals surface area contributed by atoms with Crippen molar-refractivity contribution in [3.63, 3.8) is 0 Å². The van der Waals surface area contributed by atoms with Gasteiger partial charge in [-0.1, -0.05) is 38.3 Å². The van der Waals surface area contributed by atoms with Crippen LogP contribution < -0.4 is 5.32 Å². The molecule has 1 atom stereocenters. The lowest BCUT2D eigenvalue weighted by molar-refractivity contribution is 0.0925. The van der Waals surface area contributed by atoms with Crippen LogP contribution in [0.15, 0.2) is 22.7 Å². The zero-order valence-electron chi connectivity index (χ0n) is 11.0. The van der Waals surface area contributed by atoms with Crippen molar-refractivity contribution in [1.82, 2.24) is 5.32 Å². The van der Waals surface area contributed by atoms with Gasteiger partial charge in [-0.15, -0.1) is 0 Å². The van der Waals surface area contributed by atoms with Crippen LogP contribution in [-0.2, 0) is 0 Å². The van der Waals surface area contributed by atoms with Crippen molar-refractivity contribution in [3.05, 3.63) is 33.3 Å². The van der Waals surface area contributed by atoms with Crippen molar-refractivity contribution in [2.24, 2.45) is 5.92 Å². The van der Waals surface area contributed by atoms with Crippen molar-refractivity contribution in [1.29, 1.82) is 0 Å². The van der Waals surface area contributed by atoms with E-state index in [9.17, 15) is 4.79 Å². The van der Waals surface area contributed by atoms with E-state index in [1.54, 1.807) is 18.2 Å². The number of carbonyl (C=O) groups excluding carboxylic acids is 1. The van der Waals surface area contributed by atoms with E-state index in [1.807, 2.05) is 0 Å². The topological polar surface area (TPSA) is 29.1 Å². The first-order chi connectivity index (χ1) is 8.49. The van der Waals surface area contributed by atoms with Crippen LogP contribution >= 0.6 is 27.5 Å². The third-order valence-electron chi connectivity index (χ3n) is 3.30. The van der Waals surface area contributed by atoms with Crippen LogP contribution in [0, 0.1) is 5.92 Å². The number of halogens is 2. The normalized spacial score (nSPS) is 12.6. The van der Waals surface area contributed by atoms with Gasteiger partial charge in [0, 0.05) is 16.1 Å². The Morgan fingerprint density at radius 1 is 1.39 bits per heavy atom. The molecule has 1 unspecified atom stereocenters. The number of carbonyl (C=O) groups is 1. The first kappa shape index (κ1) is 15.5. The molecule has 0 bridgehead atoms. The Labute approximate surface area is 122 Å². The van der Waals surface area contributed by atoms with Gasteiger partial charge in [-0.25, -0.2) is 0 Å². The third-order valence-corrected chi connectivity index (χ3v) is 4.51. The molecule has 100 valence electrons. The monoisotopic (exact) mass is 331 g/mol. The molecule has 0 aliphatic rings. The summed E-state index contributed by atoms with van der Waals surface area (Å²) in [7, 11) is 0. The molecular formula is C14H19BrClNO. The van der Waals surface area contributed by atoms with E-state index >= 15 is 0 Å². The highest BCUT2D eigenvalue weighted by Crippen LogP contribution is 2.23. The molecule has 0 saturated carbocycles. The maximum atomic E-state index is 12.1. The van der Waals surface area contributed by atoms with E-state index in [0.717, 1.165) is 17.3 Å². The van der Waals surface area contributed by atoms with Gasteiger partial charge in [-0.2, -0.15) is 0 Å². The molecule has 0 aliphatic carbocycles. The van der Waals surface area contributed by atoms with E-state index in [0.29, 0.717) is 16.5 Å². The summed E-state index contributed by atoms with van der Waals surface area (Å²) < 4.78 is 0.743. The molecule has 1 aromatic rings. The van der Waals surface area contributed by atoms with E-state index in [4.69, 9.17) is 11.6 Å². The molecule has 0 spiro atoms. The molecule has 0 saturated heterocycles. The largest absolute Gasteiger partial charge is 0.349 e. The summed E-state index contributed by atoms with van der Waals surface area (Å²) >= 11 is 9.23. The van der Waals surface area contributed by atoms with Crippen molar-refractivity contribution in [2.75, 3.05) is 0 Å². The molecule has 0 aromatic heterocycles. The first-order valence-corrected chi connectivity index (χ1v) is 7.42. The Balaban J connectivity index is 2.73. The highest BCUT2D eigenvalue weighted by molar-refractivity contribution is 9.10. The Hall–Kier alpha value is -0.540. The van der Waals surface area contributed by atoms with Crippen LogP contribution in [-0.4, -0.2) is 11.9 Å². The SMILES string of the molecule is CCC(CC)C(C)NC(=O)c1ccc(Cl)c(Br)c1. The molecule has 2 nitrogen and oxygen atoms in total. The van der Waals surface area contributed by atoms with Crippen molar-refractivity contribution in [2.45, 2.75) is 39.7 Å². The van der Waals surface area contributed by atoms with Crippen molar-refractivity contribution in [3.8, 4) is 0 Å². The van der Waals surface area contributed by atoms with Crippen LogP contribution in [0.2, 0.25) is 5.02 Å². The molecule has 0 radical (unpaired) electrons. The Morgan fingerprint density at radius 2 is 2.00 bits per heavy atom.